The minimum Gasteiger partial charge on any atom is -0.459 e. The summed E-state index contributed by atoms with van der Waals surface area (Å²) in [6.45, 7) is 0.139. The molecule has 0 aliphatic rings. The fourth-order valence-corrected chi connectivity index (χ4v) is 3.69. The van der Waals surface area contributed by atoms with Crippen LogP contribution in [-0.2, 0) is 22.6 Å². The van der Waals surface area contributed by atoms with E-state index in [0.29, 0.717) is 17.0 Å². The highest BCUT2D eigenvalue weighted by atomic mass is 35.5. The summed E-state index contributed by atoms with van der Waals surface area (Å²) >= 11 is 5.93. The van der Waals surface area contributed by atoms with E-state index in [1.54, 1.807) is 24.3 Å². The molecule has 170 valence electrons. The van der Waals surface area contributed by atoms with Gasteiger partial charge in [0, 0.05) is 17.0 Å². The maximum absolute atomic E-state index is 13.0. The second-order valence-electron chi connectivity index (χ2n) is 7.89. The largest absolute Gasteiger partial charge is 0.459 e. The first-order valence-electron chi connectivity index (χ1n) is 11.0. The van der Waals surface area contributed by atoms with E-state index in [1.165, 1.54) is 0 Å². The first-order chi connectivity index (χ1) is 16.6. The van der Waals surface area contributed by atoms with Gasteiger partial charge in [-0.25, -0.2) is 4.79 Å². The highest BCUT2D eigenvalue weighted by Crippen LogP contribution is 2.20. The highest BCUT2D eigenvalue weighted by molar-refractivity contribution is 6.30. The van der Waals surface area contributed by atoms with Crippen molar-refractivity contribution in [1.82, 2.24) is 5.32 Å². The Morgan fingerprint density at radius 1 is 0.706 bits per heavy atom. The van der Waals surface area contributed by atoms with Gasteiger partial charge < -0.3 is 10.1 Å². The molecule has 0 saturated heterocycles. The Bertz CT molecular complexity index is 1220. The van der Waals surface area contributed by atoms with Crippen molar-refractivity contribution in [2.75, 3.05) is 0 Å². The van der Waals surface area contributed by atoms with Crippen LogP contribution in [-0.4, -0.2) is 17.9 Å². The molecule has 4 aromatic carbocycles. The lowest BCUT2D eigenvalue weighted by molar-refractivity contribution is -0.147. The lowest BCUT2D eigenvalue weighted by Gasteiger charge is -2.18. The van der Waals surface area contributed by atoms with Gasteiger partial charge in [-0.15, -0.1) is 0 Å². The van der Waals surface area contributed by atoms with Gasteiger partial charge in [-0.2, -0.15) is 0 Å². The van der Waals surface area contributed by atoms with Crippen molar-refractivity contribution in [2.24, 2.45) is 0 Å². The Labute approximate surface area is 204 Å². The maximum Gasteiger partial charge on any atom is 0.329 e. The van der Waals surface area contributed by atoms with Gasteiger partial charge in [0.15, 0.2) is 0 Å². The monoisotopic (exact) mass is 469 g/mol. The quantitative estimate of drug-likeness (QED) is 0.317. The number of hydrogen-bond donors (Lipinski definition) is 1. The molecule has 0 aliphatic carbocycles. The van der Waals surface area contributed by atoms with E-state index in [2.05, 4.69) is 5.32 Å². The third-order valence-electron chi connectivity index (χ3n) is 5.42. The van der Waals surface area contributed by atoms with Crippen LogP contribution in [0, 0.1) is 0 Å². The molecular formula is C29H24ClNO3. The zero-order valence-corrected chi connectivity index (χ0v) is 19.2. The molecule has 1 N–H and O–H groups in total. The Morgan fingerprint density at radius 3 is 1.94 bits per heavy atom. The lowest BCUT2D eigenvalue weighted by Crippen LogP contribution is -2.43. The summed E-state index contributed by atoms with van der Waals surface area (Å²) in [5.41, 5.74) is 4.41. The standard InChI is InChI=1S/C29H24ClNO3/c30-26-17-15-25(16-18-26)28(32)31-27(29(33)34-20-22-7-3-1-4-8-22)19-21-11-13-24(14-12-21)23-9-5-2-6-10-23/h1-18,27H,19-20H2,(H,31,32). The highest BCUT2D eigenvalue weighted by Gasteiger charge is 2.23. The first kappa shape index (κ1) is 23.3. The average molecular weight is 470 g/mol. The van der Waals surface area contributed by atoms with Gasteiger partial charge in [0.25, 0.3) is 5.91 Å². The smallest absolute Gasteiger partial charge is 0.329 e. The van der Waals surface area contributed by atoms with Crippen LogP contribution in [0.4, 0.5) is 0 Å². The van der Waals surface area contributed by atoms with Gasteiger partial charge in [0.2, 0.25) is 0 Å². The summed E-state index contributed by atoms with van der Waals surface area (Å²) in [4.78, 5) is 25.8. The number of carbonyl (C=O) groups is 2. The third-order valence-corrected chi connectivity index (χ3v) is 5.67. The van der Waals surface area contributed by atoms with Crippen LogP contribution >= 0.6 is 11.6 Å². The summed E-state index contributed by atoms with van der Waals surface area (Å²) in [6.07, 6.45) is 0.308. The molecule has 0 radical (unpaired) electrons. The molecule has 0 aromatic heterocycles. The number of halogens is 1. The minimum absolute atomic E-state index is 0.139. The number of esters is 1. The predicted molar refractivity (Wildman–Crippen MR) is 135 cm³/mol. The van der Waals surface area contributed by atoms with Crippen LogP contribution in [0.15, 0.2) is 109 Å². The topological polar surface area (TPSA) is 55.4 Å². The number of nitrogens with one attached hydrogen (secondary N) is 1. The van der Waals surface area contributed by atoms with Crippen molar-refractivity contribution in [3.05, 3.63) is 131 Å². The van der Waals surface area contributed by atoms with Gasteiger partial charge in [0.05, 0.1) is 0 Å². The van der Waals surface area contributed by atoms with Crippen molar-refractivity contribution >= 4 is 23.5 Å². The van der Waals surface area contributed by atoms with Gasteiger partial charge in [0.1, 0.15) is 12.6 Å². The maximum atomic E-state index is 13.0. The van der Waals surface area contributed by atoms with E-state index >= 15 is 0 Å². The van der Waals surface area contributed by atoms with E-state index in [-0.39, 0.29) is 12.5 Å². The van der Waals surface area contributed by atoms with E-state index in [9.17, 15) is 9.59 Å². The van der Waals surface area contributed by atoms with E-state index in [0.717, 1.165) is 22.3 Å². The molecule has 34 heavy (non-hydrogen) atoms. The second kappa shape index (κ2) is 11.3. The summed E-state index contributed by atoms with van der Waals surface area (Å²) in [7, 11) is 0. The molecule has 4 nitrogen and oxygen atoms in total. The Balaban J connectivity index is 1.49. The molecule has 0 fully saturated rings. The third kappa shape index (κ3) is 6.33. The molecule has 4 aromatic rings. The molecule has 1 unspecified atom stereocenters. The zero-order valence-electron chi connectivity index (χ0n) is 18.5. The van der Waals surface area contributed by atoms with Crippen molar-refractivity contribution < 1.29 is 14.3 Å². The summed E-state index contributed by atoms with van der Waals surface area (Å²) in [5, 5.41) is 3.36. The SMILES string of the molecule is O=C(NC(Cc1ccc(-c2ccccc2)cc1)C(=O)OCc1ccccc1)c1ccc(Cl)cc1. The summed E-state index contributed by atoms with van der Waals surface area (Å²) in [5.74, 6) is -0.850. The first-order valence-corrected chi connectivity index (χ1v) is 11.4. The van der Waals surface area contributed by atoms with Crippen molar-refractivity contribution in [1.29, 1.82) is 0 Å². The molecule has 4 rings (SSSR count). The van der Waals surface area contributed by atoms with Gasteiger partial charge in [-0.1, -0.05) is 96.5 Å². The molecule has 0 aliphatic heterocycles. The van der Waals surface area contributed by atoms with Crippen LogP contribution in [0.25, 0.3) is 11.1 Å². The second-order valence-corrected chi connectivity index (χ2v) is 8.33. The Hall–Kier alpha value is -3.89. The Morgan fingerprint density at radius 2 is 1.29 bits per heavy atom. The number of ether oxygens (including phenoxy) is 1. The molecule has 0 saturated carbocycles. The van der Waals surface area contributed by atoms with E-state index in [1.807, 2.05) is 84.9 Å². The van der Waals surface area contributed by atoms with Gasteiger partial charge >= 0.3 is 5.97 Å². The normalized spacial score (nSPS) is 11.4. The van der Waals surface area contributed by atoms with Crippen LogP contribution in [0.1, 0.15) is 21.5 Å². The fourth-order valence-electron chi connectivity index (χ4n) is 3.57. The predicted octanol–water partition coefficient (Wildman–Crippen LogP) is 6.09. The van der Waals surface area contributed by atoms with E-state index < -0.39 is 12.0 Å². The molecule has 0 bridgehead atoms. The van der Waals surface area contributed by atoms with Crippen LogP contribution < -0.4 is 5.32 Å². The van der Waals surface area contributed by atoms with Gasteiger partial charge in [-0.3, -0.25) is 4.79 Å². The lowest BCUT2D eigenvalue weighted by atomic mass is 10.0. The average Bonchev–Trinajstić information content (AvgIpc) is 2.89. The molecular weight excluding hydrogens is 446 g/mol. The molecule has 0 heterocycles. The number of amides is 1. The van der Waals surface area contributed by atoms with Crippen LogP contribution in [0.3, 0.4) is 0 Å². The van der Waals surface area contributed by atoms with Crippen molar-refractivity contribution in [2.45, 2.75) is 19.1 Å². The van der Waals surface area contributed by atoms with Crippen molar-refractivity contribution in [3.63, 3.8) is 0 Å². The molecule has 5 heteroatoms. The van der Waals surface area contributed by atoms with Gasteiger partial charge in [-0.05, 0) is 46.5 Å². The summed E-state index contributed by atoms with van der Waals surface area (Å²) in [6, 6.07) is 33.2. The molecule has 1 amide bonds. The number of rotatable bonds is 8. The summed E-state index contributed by atoms with van der Waals surface area (Å²) < 4.78 is 5.54. The fraction of sp³-hybridized carbons (Fsp3) is 0.103. The number of hydrogen-bond acceptors (Lipinski definition) is 3. The molecule has 1 atom stereocenters. The van der Waals surface area contributed by atoms with Crippen molar-refractivity contribution in [3.8, 4) is 11.1 Å². The molecule has 0 spiro atoms. The van der Waals surface area contributed by atoms with E-state index in [4.69, 9.17) is 16.3 Å². The number of benzene rings is 4. The zero-order chi connectivity index (χ0) is 23.8. The van der Waals surface area contributed by atoms with Crippen LogP contribution in [0.5, 0.6) is 0 Å². The minimum atomic E-state index is -0.838. The number of carbonyl (C=O) groups excluding carboxylic acids is 2. The Kier molecular flexibility index (Phi) is 7.74. The van der Waals surface area contributed by atoms with Crippen LogP contribution in [0.2, 0.25) is 5.02 Å².